The maximum atomic E-state index is 13.1. The number of ether oxygens (including phenoxy) is 2. The van der Waals surface area contributed by atoms with Crippen molar-refractivity contribution in [3.05, 3.63) is 64.7 Å². The number of ketones is 1. The highest BCUT2D eigenvalue weighted by Gasteiger charge is 2.45. The first kappa shape index (κ1) is 24.4. The number of rotatable bonds is 7. The van der Waals surface area contributed by atoms with Gasteiger partial charge in [0.25, 0.3) is 11.7 Å². The summed E-state index contributed by atoms with van der Waals surface area (Å²) in [5, 5.41) is 11.4. The number of aliphatic hydroxyl groups excluding tert-OH is 1. The highest BCUT2D eigenvalue weighted by Crippen LogP contribution is 2.41. The molecule has 0 aromatic heterocycles. The van der Waals surface area contributed by atoms with Crippen LogP contribution in [0.5, 0.6) is 11.5 Å². The molecule has 1 saturated heterocycles. The van der Waals surface area contributed by atoms with Gasteiger partial charge in [-0.05, 0) is 54.7 Å². The van der Waals surface area contributed by atoms with Crippen molar-refractivity contribution in [2.24, 2.45) is 0 Å². The average molecular weight is 452 g/mol. The normalized spacial score (nSPS) is 18.0. The van der Waals surface area contributed by atoms with E-state index in [9.17, 15) is 14.7 Å². The first-order valence-electron chi connectivity index (χ1n) is 11.3. The van der Waals surface area contributed by atoms with Crippen LogP contribution in [-0.4, -0.2) is 42.0 Å². The van der Waals surface area contributed by atoms with E-state index in [2.05, 4.69) is 0 Å². The van der Waals surface area contributed by atoms with Crippen LogP contribution < -0.4 is 9.47 Å². The molecular formula is C27H33NO5. The van der Waals surface area contributed by atoms with Crippen molar-refractivity contribution in [3.8, 4) is 11.5 Å². The topological polar surface area (TPSA) is 76.1 Å². The molecule has 3 rings (SSSR count). The minimum atomic E-state index is -0.689. The van der Waals surface area contributed by atoms with Gasteiger partial charge in [0.2, 0.25) is 0 Å². The van der Waals surface area contributed by atoms with Crippen molar-refractivity contribution >= 4 is 17.4 Å². The Morgan fingerprint density at radius 2 is 1.82 bits per heavy atom. The van der Waals surface area contributed by atoms with Crippen LogP contribution in [0.4, 0.5) is 0 Å². The Bertz CT molecular complexity index is 1080. The Morgan fingerprint density at radius 3 is 2.42 bits per heavy atom. The third-order valence-corrected chi connectivity index (χ3v) is 5.77. The average Bonchev–Trinajstić information content (AvgIpc) is 3.03. The molecule has 1 fully saturated rings. The molecule has 6 nitrogen and oxygen atoms in total. The number of nitrogens with zero attached hydrogens (tertiary/aromatic N) is 1. The van der Waals surface area contributed by atoms with Crippen LogP contribution in [0.3, 0.4) is 0 Å². The van der Waals surface area contributed by atoms with Crippen molar-refractivity contribution in [1.29, 1.82) is 0 Å². The maximum absolute atomic E-state index is 13.1. The summed E-state index contributed by atoms with van der Waals surface area (Å²) in [5.41, 5.74) is 1.93. The first-order valence-corrected chi connectivity index (χ1v) is 11.3. The number of amides is 1. The van der Waals surface area contributed by atoms with E-state index in [4.69, 9.17) is 9.47 Å². The van der Waals surface area contributed by atoms with E-state index in [0.717, 1.165) is 11.1 Å². The van der Waals surface area contributed by atoms with Gasteiger partial charge in [-0.3, -0.25) is 9.59 Å². The highest BCUT2D eigenvalue weighted by molar-refractivity contribution is 6.46. The van der Waals surface area contributed by atoms with Gasteiger partial charge in [-0.15, -0.1) is 0 Å². The van der Waals surface area contributed by atoms with Crippen LogP contribution in [0.1, 0.15) is 63.8 Å². The van der Waals surface area contributed by atoms with Crippen molar-refractivity contribution in [2.75, 3.05) is 20.3 Å². The monoisotopic (exact) mass is 451 g/mol. The van der Waals surface area contributed by atoms with E-state index >= 15 is 0 Å². The lowest BCUT2D eigenvalue weighted by Gasteiger charge is -2.26. The van der Waals surface area contributed by atoms with Gasteiger partial charge < -0.3 is 19.5 Å². The zero-order valence-corrected chi connectivity index (χ0v) is 20.3. The van der Waals surface area contributed by atoms with Gasteiger partial charge >= 0.3 is 0 Å². The van der Waals surface area contributed by atoms with Gasteiger partial charge in [0.05, 0.1) is 25.3 Å². The number of aliphatic hydroxyl groups is 1. The lowest BCUT2D eigenvalue weighted by molar-refractivity contribution is -0.139. The number of hydrogen-bond donors (Lipinski definition) is 1. The van der Waals surface area contributed by atoms with Crippen molar-refractivity contribution in [1.82, 2.24) is 4.90 Å². The van der Waals surface area contributed by atoms with Crippen LogP contribution in [0.25, 0.3) is 5.76 Å². The summed E-state index contributed by atoms with van der Waals surface area (Å²) in [6, 6.07) is 12.0. The van der Waals surface area contributed by atoms with E-state index in [1.807, 2.05) is 65.0 Å². The second kappa shape index (κ2) is 9.69. The minimum Gasteiger partial charge on any atom is -0.507 e. The second-order valence-corrected chi connectivity index (χ2v) is 9.16. The molecule has 1 aliphatic rings. The third-order valence-electron chi connectivity index (χ3n) is 5.77. The van der Waals surface area contributed by atoms with E-state index in [0.29, 0.717) is 36.6 Å². The Balaban J connectivity index is 2.22. The summed E-state index contributed by atoms with van der Waals surface area (Å²) < 4.78 is 11.1. The fourth-order valence-corrected chi connectivity index (χ4v) is 4.24. The molecule has 0 spiro atoms. The van der Waals surface area contributed by atoms with Gasteiger partial charge in [-0.25, -0.2) is 0 Å². The number of likely N-dealkylation sites (tertiary alicyclic amines) is 1. The van der Waals surface area contributed by atoms with Crippen LogP contribution in [0.2, 0.25) is 0 Å². The van der Waals surface area contributed by atoms with Crippen LogP contribution >= 0.6 is 0 Å². The summed E-state index contributed by atoms with van der Waals surface area (Å²) in [6.07, 6.45) is 0.686. The summed E-state index contributed by atoms with van der Waals surface area (Å²) in [4.78, 5) is 27.6. The minimum absolute atomic E-state index is 0.0899. The molecule has 176 valence electrons. The Hall–Kier alpha value is -3.28. The predicted molar refractivity (Wildman–Crippen MR) is 129 cm³/mol. The molecule has 1 heterocycles. The Labute approximate surface area is 195 Å². The van der Waals surface area contributed by atoms with E-state index in [1.54, 1.807) is 19.2 Å². The van der Waals surface area contributed by atoms with E-state index in [-0.39, 0.29) is 16.7 Å². The number of methoxy groups -OCH3 is 1. The van der Waals surface area contributed by atoms with Gasteiger partial charge in [0.1, 0.15) is 17.3 Å². The highest BCUT2D eigenvalue weighted by atomic mass is 16.5. The molecule has 1 aliphatic heterocycles. The molecule has 0 saturated carbocycles. The number of benzene rings is 2. The molecule has 6 heteroatoms. The van der Waals surface area contributed by atoms with Crippen LogP contribution in [0, 0.1) is 0 Å². The van der Waals surface area contributed by atoms with Gasteiger partial charge in [-0.1, -0.05) is 39.8 Å². The molecule has 33 heavy (non-hydrogen) atoms. The van der Waals surface area contributed by atoms with Crippen molar-refractivity contribution < 1.29 is 24.2 Å². The smallest absolute Gasteiger partial charge is 0.295 e. The molecule has 1 unspecified atom stereocenters. The standard InChI is InChI=1S/C27H33NO5/c1-7-14-28-23(17-10-9-11-19(15-17)33-8-2)22(25(30)26(28)31)24(29)18-12-13-21(32-6)20(16-18)27(3,4)5/h9-13,15-16,23,29H,7-8,14H2,1-6H3/b24-22+. The fraction of sp³-hybridized carbons (Fsp3) is 0.407. The number of hydrogen-bond acceptors (Lipinski definition) is 5. The molecule has 2 aromatic rings. The second-order valence-electron chi connectivity index (χ2n) is 9.16. The summed E-state index contributed by atoms with van der Waals surface area (Å²) in [7, 11) is 1.60. The van der Waals surface area contributed by atoms with Crippen LogP contribution in [0.15, 0.2) is 48.0 Å². The van der Waals surface area contributed by atoms with Gasteiger partial charge in [0, 0.05) is 17.7 Å². The Kier molecular flexibility index (Phi) is 7.15. The lowest BCUT2D eigenvalue weighted by Crippen LogP contribution is -2.30. The largest absolute Gasteiger partial charge is 0.507 e. The van der Waals surface area contributed by atoms with Gasteiger partial charge in [0.15, 0.2) is 0 Å². The van der Waals surface area contributed by atoms with Crippen molar-refractivity contribution in [3.63, 3.8) is 0 Å². The quantitative estimate of drug-likeness (QED) is 0.355. The zero-order chi connectivity index (χ0) is 24.3. The van der Waals surface area contributed by atoms with E-state index < -0.39 is 17.7 Å². The molecule has 0 bridgehead atoms. The fourth-order valence-electron chi connectivity index (χ4n) is 4.24. The zero-order valence-electron chi connectivity index (χ0n) is 20.3. The SMILES string of the molecule is CCCN1C(=O)C(=O)/C(=C(/O)c2ccc(OC)c(C(C)(C)C)c2)C1c1cccc(OCC)c1. The number of Topliss-reactive ketones (excluding diaryl/α,β-unsaturated/α-hetero) is 1. The molecule has 2 aromatic carbocycles. The van der Waals surface area contributed by atoms with Gasteiger partial charge in [-0.2, -0.15) is 0 Å². The molecule has 0 aliphatic carbocycles. The lowest BCUT2D eigenvalue weighted by atomic mass is 9.84. The third kappa shape index (κ3) is 4.75. The van der Waals surface area contributed by atoms with E-state index in [1.165, 1.54) is 4.90 Å². The Morgan fingerprint density at radius 1 is 1.09 bits per heavy atom. The summed E-state index contributed by atoms with van der Waals surface area (Å²) in [6.45, 7) is 10.9. The molecule has 1 atom stereocenters. The predicted octanol–water partition coefficient (Wildman–Crippen LogP) is 5.22. The maximum Gasteiger partial charge on any atom is 0.295 e. The first-order chi connectivity index (χ1) is 15.6. The molecule has 0 radical (unpaired) electrons. The summed E-state index contributed by atoms with van der Waals surface area (Å²) >= 11 is 0. The summed E-state index contributed by atoms with van der Waals surface area (Å²) in [5.74, 6) is -0.120. The molecule has 1 amide bonds. The number of carbonyl (C=O) groups excluding carboxylic acids is 2. The van der Waals surface area contributed by atoms with Crippen molar-refractivity contribution in [2.45, 2.75) is 52.5 Å². The number of carbonyl (C=O) groups is 2. The molecule has 1 N–H and O–H groups in total. The van der Waals surface area contributed by atoms with Crippen LogP contribution in [-0.2, 0) is 15.0 Å². The molecular weight excluding hydrogens is 418 g/mol.